The van der Waals surface area contributed by atoms with E-state index in [4.69, 9.17) is 21.1 Å². The number of urea groups is 1. The van der Waals surface area contributed by atoms with Crippen LogP contribution in [0.1, 0.15) is 30.5 Å². The summed E-state index contributed by atoms with van der Waals surface area (Å²) in [6, 6.07) is 3.91. The number of carbonyl (C=O) groups excluding carboxylic acids is 1. The number of nitrogens with zero attached hydrogens (tertiary/aromatic N) is 4. The molecule has 0 radical (unpaired) electrons. The maximum absolute atomic E-state index is 13.3. The van der Waals surface area contributed by atoms with Gasteiger partial charge in [0.15, 0.2) is 5.76 Å². The zero-order valence-electron chi connectivity index (χ0n) is 17.6. The van der Waals surface area contributed by atoms with Gasteiger partial charge < -0.3 is 14.4 Å². The molecule has 0 bridgehead atoms. The number of halogens is 3. The lowest BCUT2D eigenvalue weighted by atomic mass is 10.0. The van der Waals surface area contributed by atoms with Crippen molar-refractivity contribution in [2.75, 3.05) is 18.4 Å². The third kappa shape index (κ3) is 5.18. The second kappa shape index (κ2) is 9.24. The van der Waals surface area contributed by atoms with Crippen LogP contribution in [0.5, 0.6) is 0 Å². The highest BCUT2D eigenvalue weighted by atomic mass is 35.5. The van der Waals surface area contributed by atoms with Gasteiger partial charge in [-0.1, -0.05) is 17.7 Å². The maximum atomic E-state index is 13.3. The SMILES string of the molecule is CC(F)(F)c1ccc(NC(=O)N2CC=C(c3ncc(-c4cnc(CO)o4)cc3Cl)CC2)nc1. The minimum absolute atomic E-state index is 0.194. The number of carbonyl (C=O) groups is 1. The molecule has 1 aliphatic heterocycles. The maximum Gasteiger partial charge on any atom is 0.323 e. The van der Waals surface area contributed by atoms with Gasteiger partial charge in [-0.15, -0.1) is 0 Å². The number of pyridine rings is 2. The molecule has 33 heavy (non-hydrogen) atoms. The first-order chi connectivity index (χ1) is 15.7. The van der Waals surface area contributed by atoms with Gasteiger partial charge in [-0.25, -0.2) is 23.5 Å². The third-order valence-electron chi connectivity index (χ3n) is 5.12. The van der Waals surface area contributed by atoms with Gasteiger partial charge in [-0.3, -0.25) is 10.3 Å². The Morgan fingerprint density at radius 2 is 2.09 bits per heavy atom. The van der Waals surface area contributed by atoms with Crippen LogP contribution in [0.4, 0.5) is 19.4 Å². The molecule has 4 rings (SSSR count). The predicted octanol–water partition coefficient (Wildman–Crippen LogP) is 4.71. The number of rotatable bonds is 5. The monoisotopic (exact) mass is 475 g/mol. The summed E-state index contributed by atoms with van der Waals surface area (Å²) in [6.07, 6.45) is 6.54. The van der Waals surface area contributed by atoms with Crippen molar-refractivity contribution in [2.45, 2.75) is 25.9 Å². The summed E-state index contributed by atoms with van der Waals surface area (Å²) in [5.41, 5.74) is 1.92. The van der Waals surface area contributed by atoms with Crippen LogP contribution in [0.15, 0.2) is 47.3 Å². The van der Waals surface area contributed by atoms with Crippen molar-refractivity contribution in [3.05, 3.63) is 65.0 Å². The lowest BCUT2D eigenvalue weighted by molar-refractivity contribution is 0.0171. The van der Waals surface area contributed by atoms with Crippen LogP contribution in [0, 0.1) is 0 Å². The van der Waals surface area contributed by atoms with Crippen LogP contribution in [0.25, 0.3) is 16.9 Å². The van der Waals surface area contributed by atoms with Gasteiger partial charge in [0.2, 0.25) is 5.89 Å². The minimum Gasteiger partial charge on any atom is -0.438 e. The number of nitrogens with one attached hydrogen (secondary N) is 1. The van der Waals surface area contributed by atoms with Crippen molar-refractivity contribution < 1.29 is 23.1 Å². The van der Waals surface area contributed by atoms with Gasteiger partial charge in [-0.2, -0.15) is 0 Å². The molecule has 0 aliphatic carbocycles. The topological polar surface area (TPSA) is 104 Å². The van der Waals surface area contributed by atoms with E-state index in [1.54, 1.807) is 17.2 Å². The summed E-state index contributed by atoms with van der Waals surface area (Å²) >= 11 is 6.44. The van der Waals surface area contributed by atoms with Crippen molar-refractivity contribution >= 4 is 29.0 Å². The van der Waals surface area contributed by atoms with Crippen molar-refractivity contribution in [2.24, 2.45) is 0 Å². The molecule has 172 valence electrons. The molecule has 0 fully saturated rings. The predicted molar refractivity (Wildman–Crippen MR) is 118 cm³/mol. The van der Waals surface area contributed by atoms with E-state index in [0.29, 0.717) is 41.6 Å². The Hall–Kier alpha value is -3.37. The molecule has 0 aromatic carbocycles. The standard InChI is InChI=1S/C22H20ClF2N5O3/c1-22(24,25)15-2-3-18(26-10-15)29-21(32)30-6-4-13(5-7-30)20-16(23)8-14(9-28-20)17-11-27-19(12-31)33-17/h2-4,8-11,31H,5-7,12H2,1H3,(H,26,29,32). The summed E-state index contributed by atoms with van der Waals surface area (Å²) in [7, 11) is 0. The van der Waals surface area contributed by atoms with Gasteiger partial charge in [0, 0.05) is 43.5 Å². The van der Waals surface area contributed by atoms with Crippen molar-refractivity contribution in [3.8, 4) is 11.3 Å². The number of hydrogen-bond donors (Lipinski definition) is 2. The summed E-state index contributed by atoms with van der Waals surface area (Å²) in [5, 5.41) is 12.1. The Morgan fingerprint density at radius 3 is 2.67 bits per heavy atom. The number of anilines is 1. The molecule has 4 heterocycles. The van der Waals surface area contributed by atoms with Gasteiger partial charge in [0.1, 0.15) is 12.4 Å². The van der Waals surface area contributed by atoms with E-state index >= 15 is 0 Å². The molecule has 0 saturated heterocycles. The van der Waals surface area contributed by atoms with Gasteiger partial charge in [0.25, 0.3) is 5.92 Å². The molecule has 0 saturated carbocycles. The summed E-state index contributed by atoms with van der Waals surface area (Å²) in [4.78, 5) is 26.3. The first-order valence-electron chi connectivity index (χ1n) is 10.1. The Bertz CT molecular complexity index is 1190. The zero-order chi connectivity index (χ0) is 23.6. The van der Waals surface area contributed by atoms with E-state index in [1.807, 2.05) is 6.08 Å². The molecule has 8 nitrogen and oxygen atoms in total. The van der Waals surface area contributed by atoms with Crippen LogP contribution in [0.2, 0.25) is 5.02 Å². The molecule has 0 atom stereocenters. The summed E-state index contributed by atoms with van der Waals surface area (Å²) in [6.45, 7) is 1.24. The molecule has 3 aromatic rings. The Kier molecular flexibility index (Phi) is 6.39. The second-order valence-corrected chi connectivity index (χ2v) is 7.91. The fraction of sp³-hybridized carbons (Fsp3) is 0.273. The van der Waals surface area contributed by atoms with Crippen LogP contribution in [-0.4, -0.2) is 44.1 Å². The molecule has 3 aromatic heterocycles. The zero-order valence-corrected chi connectivity index (χ0v) is 18.3. The molecular formula is C22H20ClF2N5O3. The average Bonchev–Trinajstić information content (AvgIpc) is 3.28. The molecule has 0 spiro atoms. The van der Waals surface area contributed by atoms with Gasteiger partial charge in [0.05, 0.1) is 16.9 Å². The number of aliphatic hydroxyl groups is 1. The number of aromatic nitrogens is 3. The van der Waals surface area contributed by atoms with E-state index < -0.39 is 5.92 Å². The van der Waals surface area contributed by atoms with Crippen LogP contribution in [0.3, 0.4) is 0 Å². The molecule has 0 unspecified atom stereocenters. The van der Waals surface area contributed by atoms with E-state index in [2.05, 4.69) is 20.3 Å². The smallest absolute Gasteiger partial charge is 0.323 e. The van der Waals surface area contributed by atoms with E-state index in [0.717, 1.165) is 18.7 Å². The fourth-order valence-corrected chi connectivity index (χ4v) is 3.60. The molecule has 2 amide bonds. The Balaban J connectivity index is 1.40. The van der Waals surface area contributed by atoms with E-state index in [-0.39, 0.29) is 29.9 Å². The first kappa shape index (κ1) is 22.8. The highest BCUT2D eigenvalue weighted by Crippen LogP contribution is 2.31. The van der Waals surface area contributed by atoms with E-state index in [1.165, 1.54) is 18.3 Å². The second-order valence-electron chi connectivity index (χ2n) is 7.51. The molecule has 2 N–H and O–H groups in total. The normalized spacial score (nSPS) is 14.2. The van der Waals surface area contributed by atoms with Gasteiger partial charge in [-0.05, 0) is 30.2 Å². The number of oxazole rings is 1. The van der Waals surface area contributed by atoms with Gasteiger partial charge >= 0.3 is 6.03 Å². The lowest BCUT2D eigenvalue weighted by Crippen LogP contribution is -2.38. The lowest BCUT2D eigenvalue weighted by Gasteiger charge is -2.26. The highest BCUT2D eigenvalue weighted by Gasteiger charge is 2.25. The Morgan fingerprint density at radius 1 is 1.27 bits per heavy atom. The average molecular weight is 476 g/mol. The van der Waals surface area contributed by atoms with Crippen LogP contribution >= 0.6 is 11.6 Å². The van der Waals surface area contributed by atoms with Crippen molar-refractivity contribution in [1.29, 1.82) is 0 Å². The summed E-state index contributed by atoms with van der Waals surface area (Å²) in [5.74, 6) is -2.15. The summed E-state index contributed by atoms with van der Waals surface area (Å²) < 4.78 is 32.0. The molecule has 11 heteroatoms. The third-order valence-corrected chi connectivity index (χ3v) is 5.41. The Labute approximate surface area is 192 Å². The largest absolute Gasteiger partial charge is 0.438 e. The van der Waals surface area contributed by atoms with Crippen molar-refractivity contribution in [1.82, 2.24) is 19.9 Å². The molecular weight excluding hydrogens is 456 g/mol. The number of amides is 2. The highest BCUT2D eigenvalue weighted by molar-refractivity contribution is 6.32. The van der Waals surface area contributed by atoms with Crippen LogP contribution < -0.4 is 5.32 Å². The van der Waals surface area contributed by atoms with E-state index in [9.17, 15) is 13.6 Å². The quantitative estimate of drug-likeness (QED) is 0.553. The minimum atomic E-state index is -2.99. The number of alkyl halides is 2. The number of aliphatic hydroxyl groups excluding tert-OH is 1. The first-order valence-corrected chi connectivity index (χ1v) is 10.4. The molecule has 1 aliphatic rings. The number of hydrogen-bond acceptors (Lipinski definition) is 6. The van der Waals surface area contributed by atoms with Crippen LogP contribution in [-0.2, 0) is 12.5 Å². The fourth-order valence-electron chi connectivity index (χ4n) is 3.31. The van der Waals surface area contributed by atoms with Crippen molar-refractivity contribution in [3.63, 3.8) is 0 Å².